The second-order valence-corrected chi connectivity index (χ2v) is 1.52. The molecule has 3 heteroatoms. The maximum Gasteiger partial charge on any atom is 0.0383 e. The number of aromatic nitrogens is 1. The average Bonchev–Trinajstić information content (AvgIpc) is 1.90. The van der Waals surface area contributed by atoms with Crippen LogP contribution in [0.2, 0.25) is 0 Å². The molecule has 0 aliphatic carbocycles. The molecule has 0 bridgehead atoms. The number of carbonyl (C=O) groups excluding carboxylic acids is 1. The molecule has 54 valence electrons. The Morgan fingerprint density at radius 1 is 1.30 bits per heavy atom. The maximum atomic E-state index is 8.89. The smallest absolute Gasteiger partial charge is 0.0383 e. The molecule has 0 amide bonds. The molecule has 0 aliphatic rings. The first-order valence-electron chi connectivity index (χ1n) is 2.76. The highest BCUT2D eigenvalue weighted by molar-refractivity contribution is 5.60. The third kappa shape index (κ3) is 9.80. The van der Waals surface area contributed by atoms with Crippen molar-refractivity contribution < 1.29 is 9.90 Å². The van der Waals surface area contributed by atoms with E-state index in [9.17, 15) is 0 Å². The van der Waals surface area contributed by atoms with E-state index in [0.717, 1.165) is 6.92 Å². The zero-order valence-electron chi connectivity index (χ0n) is 5.65. The Hall–Kier alpha value is -1.38. The highest BCUT2D eigenvalue weighted by Crippen LogP contribution is 1.73. The van der Waals surface area contributed by atoms with E-state index >= 15 is 0 Å². The molecule has 0 saturated heterocycles. The Morgan fingerprint density at radius 3 is 1.80 bits per heavy atom. The van der Waals surface area contributed by atoms with Crippen LogP contribution in [0, 0.1) is 0 Å². The summed E-state index contributed by atoms with van der Waals surface area (Å²) in [5.41, 5.74) is 0. The van der Waals surface area contributed by atoms with Crippen LogP contribution >= 0.6 is 0 Å². The van der Waals surface area contributed by atoms with Crippen molar-refractivity contribution in [2.24, 2.45) is 0 Å². The fourth-order valence-corrected chi connectivity index (χ4v) is 0.313. The van der Waals surface area contributed by atoms with E-state index in [2.05, 4.69) is 4.98 Å². The number of carboxylic acids is 1. The molecule has 0 aromatic carbocycles. The highest BCUT2D eigenvalue weighted by atomic mass is 16.4. The van der Waals surface area contributed by atoms with Crippen LogP contribution in [0.1, 0.15) is 6.92 Å². The van der Waals surface area contributed by atoms with Crippen LogP contribution in [-0.2, 0) is 4.79 Å². The second-order valence-electron chi connectivity index (χ2n) is 1.52. The Labute approximate surface area is 59.3 Å². The summed E-state index contributed by atoms with van der Waals surface area (Å²) in [4.78, 5) is 12.7. The Kier molecular flexibility index (Phi) is 4.96. The molecular formula is C7H8NO2-. The van der Waals surface area contributed by atoms with Crippen molar-refractivity contribution in [3.8, 4) is 0 Å². The Balaban J connectivity index is 0.000000180. The first-order chi connectivity index (χ1) is 4.73. The maximum absolute atomic E-state index is 8.89. The number of aliphatic carboxylic acids is 1. The molecule has 0 saturated carbocycles. The molecule has 0 aliphatic heterocycles. The van der Waals surface area contributed by atoms with Gasteiger partial charge in [-0.25, -0.2) is 0 Å². The number of hydrogen-bond donors (Lipinski definition) is 0. The lowest BCUT2D eigenvalue weighted by molar-refractivity contribution is -0.302. The van der Waals surface area contributed by atoms with Crippen LogP contribution in [0.3, 0.4) is 0 Å². The topological polar surface area (TPSA) is 53.0 Å². The largest absolute Gasteiger partial charge is 0.550 e. The molecule has 0 spiro atoms. The quantitative estimate of drug-likeness (QED) is 0.500. The number of carboxylic acid groups (broad SMARTS) is 1. The van der Waals surface area contributed by atoms with Gasteiger partial charge in [-0.1, -0.05) is 6.07 Å². The third-order valence-corrected chi connectivity index (χ3v) is 0.566. The summed E-state index contributed by atoms with van der Waals surface area (Å²) in [6.07, 6.45) is 3.50. The number of hydrogen-bond acceptors (Lipinski definition) is 3. The summed E-state index contributed by atoms with van der Waals surface area (Å²) in [6.45, 7) is 0.972. The van der Waals surface area contributed by atoms with Crippen molar-refractivity contribution in [2.75, 3.05) is 0 Å². The molecule has 10 heavy (non-hydrogen) atoms. The van der Waals surface area contributed by atoms with Crippen molar-refractivity contribution in [3.05, 3.63) is 30.6 Å². The molecule has 0 atom stereocenters. The van der Waals surface area contributed by atoms with E-state index < -0.39 is 5.97 Å². The molecule has 1 aromatic heterocycles. The van der Waals surface area contributed by atoms with E-state index in [0.29, 0.717) is 0 Å². The summed E-state index contributed by atoms with van der Waals surface area (Å²) < 4.78 is 0. The van der Waals surface area contributed by atoms with Crippen LogP contribution in [0.15, 0.2) is 30.6 Å². The fourth-order valence-electron chi connectivity index (χ4n) is 0.313. The minimum atomic E-state index is -1.08. The van der Waals surface area contributed by atoms with E-state index in [1.807, 2.05) is 18.2 Å². The summed E-state index contributed by atoms with van der Waals surface area (Å²) in [7, 11) is 0. The van der Waals surface area contributed by atoms with Gasteiger partial charge in [0.1, 0.15) is 0 Å². The first kappa shape index (κ1) is 8.62. The molecule has 1 aromatic rings. The molecule has 0 fully saturated rings. The predicted octanol–water partition coefficient (Wildman–Crippen LogP) is -0.162. The van der Waals surface area contributed by atoms with E-state index in [-0.39, 0.29) is 0 Å². The van der Waals surface area contributed by atoms with Gasteiger partial charge in [0, 0.05) is 18.4 Å². The molecular weight excluding hydrogens is 130 g/mol. The second kappa shape index (κ2) is 5.75. The van der Waals surface area contributed by atoms with E-state index in [1.54, 1.807) is 12.4 Å². The van der Waals surface area contributed by atoms with E-state index in [1.165, 1.54) is 0 Å². The molecule has 1 heterocycles. The molecule has 0 radical (unpaired) electrons. The number of pyridine rings is 1. The predicted molar refractivity (Wildman–Crippen MR) is 34.9 cm³/mol. The van der Waals surface area contributed by atoms with Gasteiger partial charge in [0.2, 0.25) is 0 Å². The van der Waals surface area contributed by atoms with Gasteiger partial charge < -0.3 is 9.90 Å². The minimum absolute atomic E-state index is 0.972. The molecule has 0 unspecified atom stereocenters. The monoisotopic (exact) mass is 138 g/mol. The van der Waals surface area contributed by atoms with E-state index in [4.69, 9.17) is 9.90 Å². The van der Waals surface area contributed by atoms with Crippen LogP contribution in [0.5, 0.6) is 0 Å². The van der Waals surface area contributed by atoms with Gasteiger partial charge in [0.05, 0.1) is 0 Å². The summed E-state index contributed by atoms with van der Waals surface area (Å²) in [5.74, 6) is -1.08. The minimum Gasteiger partial charge on any atom is -0.550 e. The SMILES string of the molecule is CC(=O)[O-].c1ccncc1. The lowest BCUT2D eigenvalue weighted by Crippen LogP contribution is -2.16. The Morgan fingerprint density at radius 2 is 1.70 bits per heavy atom. The van der Waals surface area contributed by atoms with Crippen molar-refractivity contribution in [3.63, 3.8) is 0 Å². The highest BCUT2D eigenvalue weighted by Gasteiger charge is 1.58. The lowest BCUT2D eigenvalue weighted by Gasteiger charge is -1.77. The number of rotatable bonds is 0. The molecule has 1 rings (SSSR count). The van der Waals surface area contributed by atoms with Crippen molar-refractivity contribution in [2.45, 2.75) is 6.92 Å². The summed E-state index contributed by atoms with van der Waals surface area (Å²) >= 11 is 0. The van der Waals surface area contributed by atoms with Crippen LogP contribution in [0.25, 0.3) is 0 Å². The van der Waals surface area contributed by atoms with Gasteiger partial charge in [0.15, 0.2) is 0 Å². The third-order valence-electron chi connectivity index (χ3n) is 0.566. The lowest BCUT2D eigenvalue weighted by atomic mass is 10.5. The zero-order chi connectivity index (χ0) is 7.82. The van der Waals surface area contributed by atoms with Crippen LogP contribution in [0.4, 0.5) is 0 Å². The van der Waals surface area contributed by atoms with Crippen molar-refractivity contribution in [1.82, 2.24) is 4.98 Å². The number of carbonyl (C=O) groups is 1. The van der Waals surface area contributed by atoms with Gasteiger partial charge in [-0.2, -0.15) is 0 Å². The van der Waals surface area contributed by atoms with Gasteiger partial charge in [0.25, 0.3) is 0 Å². The molecule has 3 nitrogen and oxygen atoms in total. The first-order valence-corrected chi connectivity index (χ1v) is 2.76. The van der Waals surface area contributed by atoms with Crippen molar-refractivity contribution >= 4 is 5.97 Å². The van der Waals surface area contributed by atoms with Crippen LogP contribution < -0.4 is 5.11 Å². The standard InChI is InChI=1S/C5H5N.C2H4O2/c1-2-4-6-5-3-1;1-2(3)4/h1-5H;1H3,(H,3,4)/p-1. The number of nitrogens with zero attached hydrogens (tertiary/aromatic N) is 1. The normalized spacial score (nSPS) is 7.30. The van der Waals surface area contributed by atoms with Gasteiger partial charge >= 0.3 is 0 Å². The summed E-state index contributed by atoms with van der Waals surface area (Å²) in [6, 6.07) is 5.72. The van der Waals surface area contributed by atoms with Gasteiger partial charge in [-0.15, -0.1) is 0 Å². The Bertz CT molecular complexity index is 144. The fraction of sp³-hybridized carbons (Fsp3) is 0.143. The van der Waals surface area contributed by atoms with Gasteiger partial charge in [-0.3, -0.25) is 4.98 Å². The summed E-state index contributed by atoms with van der Waals surface area (Å²) in [5, 5.41) is 8.89. The average molecular weight is 138 g/mol. The van der Waals surface area contributed by atoms with Crippen molar-refractivity contribution in [1.29, 1.82) is 0 Å². The van der Waals surface area contributed by atoms with Crippen LogP contribution in [-0.4, -0.2) is 11.0 Å². The molecule has 0 N–H and O–H groups in total. The zero-order valence-corrected chi connectivity index (χ0v) is 5.65. The van der Waals surface area contributed by atoms with Gasteiger partial charge in [-0.05, 0) is 19.1 Å².